The summed E-state index contributed by atoms with van der Waals surface area (Å²) in [6.07, 6.45) is 7.39. The summed E-state index contributed by atoms with van der Waals surface area (Å²) in [5.41, 5.74) is 5.69. The number of hydrogen-bond acceptors (Lipinski definition) is 6. The van der Waals surface area contributed by atoms with Gasteiger partial charge in [-0.15, -0.1) is 11.8 Å². The third-order valence-corrected chi connectivity index (χ3v) is 6.71. The Labute approximate surface area is 183 Å². The van der Waals surface area contributed by atoms with Crippen molar-refractivity contribution in [1.29, 1.82) is 0 Å². The number of thioether (sulfide) groups is 2. The summed E-state index contributed by atoms with van der Waals surface area (Å²) >= 11 is 3.41. The Morgan fingerprint density at radius 1 is 0.500 bits per heavy atom. The van der Waals surface area contributed by atoms with Gasteiger partial charge in [0.2, 0.25) is 0 Å². The molecule has 0 radical (unpaired) electrons. The Balaban J connectivity index is 1.33. The van der Waals surface area contributed by atoms with Crippen LogP contribution in [-0.4, -0.2) is 19.9 Å². The fourth-order valence-corrected chi connectivity index (χ4v) is 5.01. The van der Waals surface area contributed by atoms with Gasteiger partial charge in [-0.2, -0.15) is 0 Å². The minimum Gasteiger partial charge on any atom is -0.255 e. The lowest BCUT2D eigenvalue weighted by Gasteiger charge is -2.15. The molecule has 0 aliphatic carbocycles. The molecule has 1 aliphatic heterocycles. The van der Waals surface area contributed by atoms with Crippen LogP contribution in [-0.2, 0) is 0 Å². The Bertz CT molecular complexity index is 1110. The lowest BCUT2D eigenvalue weighted by molar-refractivity contribution is 1.24. The van der Waals surface area contributed by atoms with E-state index in [2.05, 4.69) is 42.9 Å². The standard InChI is InChI=1S/C24H16N4S2/c1-3-11-25-19(5-1)21-9-7-17(13-27-21)23-15-29-16-24(30-23)18-8-10-22(28-14-18)20-6-2-4-12-26-20/h1-16H. The number of nitrogens with zero attached hydrogens (tertiary/aromatic N) is 4. The molecule has 0 amide bonds. The first-order chi connectivity index (χ1) is 14.9. The summed E-state index contributed by atoms with van der Waals surface area (Å²) in [7, 11) is 0. The average Bonchev–Trinajstić information content (AvgIpc) is 2.85. The summed E-state index contributed by atoms with van der Waals surface area (Å²) in [6, 6.07) is 19.9. The maximum Gasteiger partial charge on any atom is 0.0886 e. The summed E-state index contributed by atoms with van der Waals surface area (Å²) in [5, 5.41) is 4.31. The summed E-state index contributed by atoms with van der Waals surface area (Å²) in [6.45, 7) is 0. The van der Waals surface area contributed by atoms with Crippen molar-refractivity contribution in [3.05, 3.63) is 107 Å². The van der Waals surface area contributed by atoms with E-state index in [1.54, 1.807) is 35.9 Å². The fraction of sp³-hybridized carbons (Fsp3) is 0. The predicted octanol–water partition coefficient (Wildman–Crippen LogP) is 6.38. The predicted molar refractivity (Wildman–Crippen MR) is 126 cm³/mol. The number of aromatic nitrogens is 4. The van der Waals surface area contributed by atoms with E-state index < -0.39 is 0 Å². The third kappa shape index (κ3) is 4.06. The molecule has 0 aromatic carbocycles. The van der Waals surface area contributed by atoms with Crippen LogP contribution in [0.25, 0.3) is 32.6 Å². The Morgan fingerprint density at radius 3 is 1.40 bits per heavy atom. The Morgan fingerprint density at radius 2 is 1.00 bits per heavy atom. The molecule has 30 heavy (non-hydrogen) atoms. The van der Waals surface area contributed by atoms with Gasteiger partial charge in [-0.05, 0) is 47.2 Å². The van der Waals surface area contributed by atoms with E-state index in [4.69, 9.17) is 0 Å². The molecule has 1 aliphatic rings. The zero-order valence-corrected chi connectivity index (χ0v) is 17.5. The van der Waals surface area contributed by atoms with E-state index in [1.165, 1.54) is 9.81 Å². The lowest BCUT2D eigenvalue weighted by atomic mass is 10.2. The summed E-state index contributed by atoms with van der Waals surface area (Å²) in [4.78, 5) is 20.3. The second kappa shape index (κ2) is 8.65. The van der Waals surface area contributed by atoms with Crippen molar-refractivity contribution in [2.75, 3.05) is 0 Å². The molecular weight excluding hydrogens is 408 g/mol. The molecule has 0 bridgehead atoms. The molecule has 5 rings (SSSR count). The highest BCUT2D eigenvalue weighted by Gasteiger charge is 2.14. The van der Waals surface area contributed by atoms with E-state index in [9.17, 15) is 0 Å². The van der Waals surface area contributed by atoms with Gasteiger partial charge in [-0.3, -0.25) is 19.9 Å². The quantitative estimate of drug-likeness (QED) is 0.379. The smallest absolute Gasteiger partial charge is 0.0886 e. The van der Waals surface area contributed by atoms with Crippen LogP contribution in [0.15, 0.2) is 96.3 Å². The first-order valence-corrected chi connectivity index (χ1v) is 11.1. The zero-order valence-electron chi connectivity index (χ0n) is 15.8. The normalized spacial score (nSPS) is 13.5. The largest absolute Gasteiger partial charge is 0.255 e. The number of pyridine rings is 4. The van der Waals surface area contributed by atoms with Gasteiger partial charge in [0, 0.05) is 45.7 Å². The Hall–Kier alpha value is -3.22. The number of rotatable bonds is 4. The first kappa shape index (κ1) is 18.8. The second-order valence-corrected chi connectivity index (χ2v) is 8.32. The van der Waals surface area contributed by atoms with Crippen molar-refractivity contribution in [3.63, 3.8) is 0 Å². The summed E-state index contributed by atoms with van der Waals surface area (Å²) in [5.74, 6) is 0. The monoisotopic (exact) mass is 424 g/mol. The van der Waals surface area contributed by atoms with Crippen LogP contribution < -0.4 is 0 Å². The van der Waals surface area contributed by atoms with Crippen molar-refractivity contribution >= 4 is 33.3 Å². The number of hydrogen-bond donors (Lipinski definition) is 0. The average molecular weight is 425 g/mol. The van der Waals surface area contributed by atoms with Crippen LogP contribution in [0.4, 0.5) is 0 Å². The molecule has 0 saturated carbocycles. The molecular formula is C24H16N4S2. The van der Waals surface area contributed by atoms with Gasteiger partial charge in [0.05, 0.1) is 22.8 Å². The van der Waals surface area contributed by atoms with Gasteiger partial charge in [0.25, 0.3) is 0 Å². The van der Waals surface area contributed by atoms with Crippen molar-refractivity contribution in [1.82, 2.24) is 19.9 Å². The van der Waals surface area contributed by atoms with E-state index in [0.717, 1.165) is 33.9 Å². The Kier molecular flexibility index (Phi) is 5.42. The first-order valence-electron chi connectivity index (χ1n) is 9.36. The van der Waals surface area contributed by atoms with Crippen molar-refractivity contribution in [2.24, 2.45) is 0 Å². The molecule has 0 N–H and O–H groups in total. The molecule has 0 atom stereocenters. The van der Waals surface area contributed by atoms with E-state index in [0.29, 0.717) is 0 Å². The van der Waals surface area contributed by atoms with Crippen molar-refractivity contribution in [2.45, 2.75) is 0 Å². The second-order valence-electron chi connectivity index (χ2n) is 6.50. The minimum atomic E-state index is 0.874. The highest BCUT2D eigenvalue weighted by molar-refractivity contribution is 8.20. The molecule has 144 valence electrons. The third-order valence-electron chi connectivity index (χ3n) is 4.52. The molecule has 0 unspecified atom stereocenters. The van der Waals surface area contributed by atoms with Gasteiger partial charge in [0.15, 0.2) is 0 Å². The van der Waals surface area contributed by atoms with E-state index in [1.807, 2.05) is 60.9 Å². The van der Waals surface area contributed by atoms with Crippen LogP contribution in [0.1, 0.15) is 11.1 Å². The molecule has 5 heterocycles. The van der Waals surface area contributed by atoms with Crippen LogP contribution in [0, 0.1) is 0 Å². The topological polar surface area (TPSA) is 51.6 Å². The minimum absolute atomic E-state index is 0.874. The van der Waals surface area contributed by atoms with Crippen molar-refractivity contribution in [3.8, 4) is 22.8 Å². The van der Waals surface area contributed by atoms with E-state index in [-0.39, 0.29) is 0 Å². The molecule has 0 saturated heterocycles. The molecule has 0 fully saturated rings. The molecule has 0 spiro atoms. The van der Waals surface area contributed by atoms with Gasteiger partial charge in [-0.1, -0.05) is 36.0 Å². The maximum absolute atomic E-state index is 4.60. The molecule has 6 heteroatoms. The summed E-state index contributed by atoms with van der Waals surface area (Å²) < 4.78 is 0. The van der Waals surface area contributed by atoms with Gasteiger partial charge in [-0.25, -0.2) is 0 Å². The molecule has 4 nitrogen and oxygen atoms in total. The SMILES string of the molecule is C1=C(c2ccc(-c3ccccn3)nc2)SC(c2ccc(-c3ccccn3)nc2)=CS1. The zero-order chi connectivity index (χ0) is 20.2. The van der Waals surface area contributed by atoms with Crippen LogP contribution in [0.2, 0.25) is 0 Å². The van der Waals surface area contributed by atoms with Crippen LogP contribution in [0.3, 0.4) is 0 Å². The van der Waals surface area contributed by atoms with Crippen LogP contribution >= 0.6 is 23.5 Å². The molecule has 4 aromatic rings. The van der Waals surface area contributed by atoms with Gasteiger partial charge in [0.1, 0.15) is 0 Å². The van der Waals surface area contributed by atoms with Crippen LogP contribution in [0.5, 0.6) is 0 Å². The highest BCUT2D eigenvalue weighted by atomic mass is 32.2. The lowest BCUT2D eigenvalue weighted by Crippen LogP contribution is -1.92. The van der Waals surface area contributed by atoms with E-state index >= 15 is 0 Å². The van der Waals surface area contributed by atoms with Gasteiger partial charge < -0.3 is 0 Å². The fourth-order valence-electron chi connectivity index (χ4n) is 2.99. The van der Waals surface area contributed by atoms with Gasteiger partial charge >= 0.3 is 0 Å². The molecule has 4 aromatic heterocycles. The van der Waals surface area contributed by atoms with Crippen molar-refractivity contribution < 1.29 is 0 Å². The highest BCUT2D eigenvalue weighted by Crippen LogP contribution is 2.45. The maximum atomic E-state index is 4.60.